The summed E-state index contributed by atoms with van der Waals surface area (Å²) in [5, 5.41) is 7.74. The van der Waals surface area contributed by atoms with E-state index in [0.717, 1.165) is 11.3 Å². The van der Waals surface area contributed by atoms with Gasteiger partial charge in [-0.15, -0.1) is 5.10 Å². The Morgan fingerprint density at radius 1 is 1.14 bits per heavy atom. The first-order chi connectivity index (χ1) is 14.1. The number of benzene rings is 2. The lowest BCUT2D eigenvalue weighted by atomic mass is 10.1. The van der Waals surface area contributed by atoms with E-state index < -0.39 is 0 Å². The van der Waals surface area contributed by atoms with Crippen LogP contribution in [0.1, 0.15) is 0 Å². The van der Waals surface area contributed by atoms with E-state index in [2.05, 4.69) is 15.4 Å². The minimum Gasteiger partial charge on any atom is -0.484 e. The number of anilines is 1. The molecule has 8 heteroatoms. The number of aromatic nitrogens is 3. The summed E-state index contributed by atoms with van der Waals surface area (Å²) in [5.41, 5.74) is 2.94. The van der Waals surface area contributed by atoms with E-state index in [1.165, 1.54) is 0 Å². The Bertz CT molecular complexity index is 1160. The average molecular weight is 409 g/mol. The van der Waals surface area contributed by atoms with E-state index in [-0.39, 0.29) is 12.5 Å². The fraction of sp³-hybridized carbons (Fsp3) is 0.0952. The van der Waals surface area contributed by atoms with Crippen LogP contribution in [0.3, 0.4) is 0 Å². The van der Waals surface area contributed by atoms with Gasteiger partial charge in [-0.3, -0.25) is 4.79 Å². The van der Waals surface area contributed by atoms with E-state index in [1.54, 1.807) is 48.0 Å². The number of nitrogens with zero attached hydrogens (tertiary/aromatic N) is 3. The number of hydrogen-bond acceptors (Lipinski definition) is 5. The van der Waals surface area contributed by atoms with Gasteiger partial charge in [-0.05, 0) is 42.5 Å². The molecule has 0 fully saturated rings. The van der Waals surface area contributed by atoms with Crippen molar-refractivity contribution in [2.24, 2.45) is 0 Å². The Labute approximate surface area is 171 Å². The van der Waals surface area contributed by atoms with Gasteiger partial charge < -0.3 is 14.8 Å². The number of ether oxygens (including phenoxy) is 2. The maximum atomic E-state index is 12.2. The van der Waals surface area contributed by atoms with Crippen LogP contribution in [-0.2, 0) is 4.79 Å². The van der Waals surface area contributed by atoms with Crippen molar-refractivity contribution < 1.29 is 14.3 Å². The van der Waals surface area contributed by atoms with Gasteiger partial charge >= 0.3 is 0 Å². The molecule has 0 spiro atoms. The van der Waals surface area contributed by atoms with Crippen LogP contribution in [0.2, 0.25) is 5.02 Å². The highest BCUT2D eigenvalue weighted by Gasteiger charge is 2.09. The molecule has 0 aliphatic rings. The van der Waals surface area contributed by atoms with E-state index in [4.69, 9.17) is 21.1 Å². The molecule has 4 aromatic rings. The normalized spacial score (nSPS) is 10.7. The van der Waals surface area contributed by atoms with Gasteiger partial charge in [0.2, 0.25) is 5.88 Å². The van der Waals surface area contributed by atoms with Crippen LogP contribution in [0.4, 0.5) is 5.69 Å². The summed E-state index contributed by atoms with van der Waals surface area (Å²) in [6.07, 6.45) is 1.81. The van der Waals surface area contributed by atoms with Crippen LogP contribution in [0, 0.1) is 0 Å². The predicted octanol–water partition coefficient (Wildman–Crippen LogP) is 4.08. The number of nitrogens with one attached hydrogen (secondary N) is 1. The van der Waals surface area contributed by atoms with Crippen molar-refractivity contribution in [2.75, 3.05) is 19.0 Å². The maximum absolute atomic E-state index is 12.2. The van der Waals surface area contributed by atoms with Crippen LogP contribution in [-0.4, -0.2) is 34.2 Å². The third-order valence-corrected chi connectivity index (χ3v) is 4.38. The molecule has 7 nitrogen and oxygen atoms in total. The molecule has 2 heterocycles. The van der Waals surface area contributed by atoms with Gasteiger partial charge in [0.1, 0.15) is 5.75 Å². The molecule has 0 aliphatic carbocycles. The predicted molar refractivity (Wildman–Crippen MR) is 111 cm³/mol. The Kier molecular flexibility index (Phi) is 5.31. The molecule has 0 atom stereocenters. The average Bonchev–Trinajstić information content (AvgIpc) is 3.17. The van der Waals surface area contributed by atoms with Crippen LogP contribution in [0.15, 0.2) is 66.9 Å². The molecule has 4 rings (SSSR count). The maximum Gasteiger partial charge on any atom is 0.262 e. The molecule has 0 radical (unpaired) electrons. The third kappa shape index (κ3) is 4.47. The Morgan fingerprint density at radius 3 is 2.76 bits per heavy atom. The van der Waals surface area contributed by atoms with Crippen molar-refractivity contribution in [1.82, 2.24) is 14.6 Å². The molecule has 0 saturated heterocycles. The first kappa shape index (κ1) is 18.8. The first-order valence-corrected chi connectivity index (χ1v) is 9.17. The summed E-state index contributed by atoms with van der Waals surface area (Å²) < 4.78 is 12.3. The summed E-state index contributed by atoms with van der Waals surface area (Å²) in [7, 11) is 1.56. The second kappa shape index (κ2) is 8.20. The number of methoxy groups -OCH3 is 1. The summed E-state index contributed by atoms with van der Waals surface area (Å²) in [4.78, 5) is 16.8. The molecule has 0 bridgehead atoms. The molecule has 1 N–H and O–H groups in total. The van der Waals surface area contributed by atoms with E-state index in [9.17, 15) is 4.79 Å². The second-order valence-corrected chi connectivity index (χ2v) is 6.61. The largest absolute Gasteiger partial charge is 0.484 e. The molecule has 29 heavy (non-hydrogen) atoms. The highest BCUT2D eigenvalue weighted by molar-refractivity contribution is 6.30. The summed E-state index contributed by atoms with van der Waals surface area (Å²) in [5.74, 6) is 0.813. The fourth-order valence-electron chi connectivity index (χ4n) is 2.75. The lowest BCUT2D eigenvalue weighted by molar-refractivity contribution is -0.118. The number of fused-ring (bicyclic) bond motifs is 1. The van der Waals surface area contributed by atoms with Crippen LogP contribution in [0.5, 0.6) is 11.6 Å². The lowest BCUT2D eigenvalue weighted by Gasteiger charge is -2.08. The van der Waals surface area contributed by atoms with Crippen molar-refractivity contribution in [1.29, 1.82) is 0 Å². The summed E-state index contributed by atoms with van der Waals surface area (Å²) in [6.45, 7) is -0.107. The molecular formula is C21H17ClN4O3. The first-order valence-electron chi connectivity index (χ1n) is 8.80. The molecule has 0 aliphatic heterocycles. The van der Waals surface area contributed by atoms with E-state index >= 15 is 0 Å². The Hall–Kier alpha value is -3.58. The molecule has 2 aromatic heterocycles. The minimum absolute atomic E-state index is 0.107. The van der Waals surface area contributed by atoms with Gasteiger partial charge in [0.15, 0.2) is 12.3 Å². The summed E-state index contributed by atoms with van der Waals surface area (Å²) in [6, 6.07) is 17.8. The molecule has 1 amide bonds. The van der Waals surface area contributed by atoms with Crippen molar-refractivity contribution in [3.05, 3.63) is 71.9 Å². The number of carbonyl (C=O) groups is 1. The SMILES string of the molecule is COc1ccc2nc(-c3cccc(NC(=O)COc4ccc(Cl)cc4)c3)cn2n1. The Morgan fingerprint density at radius 2 is 1.97 bits per heavy atom. The van der Waals surface area contributed by atoms with Crippen molar-refractivity contribution in [3.63, 3.8) is 0 Å². The topological polar surface area (TPSA) is 77.8 Å². The second-order valence-electron chi connectivity index (χ2n) is 6.18. The summed E-state index contributed by atoms with van der Waals surface area (Å²) >= 11 is 5.84. The number of hydrogen-bond donors (Lipinski definition) is 1. The standard InChI is InChI=1S/C21H17ClN4O3/c1-28-21-10-9-19-24-18(12-26(19)25-21)14-3-2-4-16(11-14)23-20(27)13-29-17-7-5-15(22)6-8-17/h2-12H,13H2,1H3,(H,23,27). The van der Waals surface area contributed by atoms with Crippen molar-refractivity contribution in [2.45, 2.75) is 0 Å². The van der Waals surface area contributed by atoms with Gasteiger partial charge in [0.25, 0.3) is 5.91 Å². The van der Waals surface area contributed by atoms with Crippen LogP contribution < -0.4 is 14.8 Å². The highest BCUT2D eigenvalue weighted by Crippen LogP contribution is 2.23. The van der Waals surface area contributed by atoms with Crippen LogP contribution in [0.25, 0.3) is 16.9 Å². The van der Waals surface area contributed by atoms with E-state index in [0.29, 0.717) is 28.0 Å². The van der Waals surface area contributed by atoms with Crippen molar-refractivity contribution >= 4 is 28.8 Å². The van der Waals surface area contributed by atoms with Gasteiger partial charge in [0, 0.05) is 22.3 Å². The van der Waals surface area contributed by atoms with Crippen LogP contribution >= 0.6 is 11.6 Å². The lowest BCUT2D eigenvalue weighted by Crippen LogP contribution is -2.20. The smallest absolute Gasteiger partial charge is 0.262 e. The zero-order valence-electron chi connectivity index (χ0n) is 15.5. The zero-order chi connectivity index (χ0) is 20.2. The fourth-order valence-corrected chi connectivity index (χ4v) is 2.87. The third-order valence-electron chi connectivity index (χ3n) is 4.13. The van der Waals surface area contributed by atoms with Gasteiger partial charge in [-0.1, -0.05) is 23.7 Å². The molecular weight excluding hydrogens is 392 g/mol. The molecule has 0 saturated carbocycles. The Balaban J connectivity index is 1.45. The monoisotopic (exact) mass is 408 g/mol. The molecule has 146 valence electrons. The number of amides is 1. The highest BCUT2D eigenvalue weighted by atomic mass is 35.5. The number of rotatable bonds is 6. The number of imidazole rings is 1. The zero-order valence-corrected chi connectivity index (χ0v) is 16.3. The number of halogens is 1. The van der Waals surface area contributed by atoms with Gasteiger partial charge in [-0.2, -0.15) is 0 Å². The molecule has 2 aromatic carbocycles. The number of carbonyl (C=O) groups excluding carboxylic acids is 1. The quantitative estimate of drug-likeness (QED) is 0.520. The van der Waals surface area contributed by atoms with E-state index in [1.807, 2.05) is 30.5 Å². The van der Waals surface area contributed by atoms with Gasteiger partial charge in [0.05, 0.1) is 19.0 Å². The van der Waals surface area contributed by atoms with Gasteiger partial charge in [-0.25, -0.2) is 9.50 Å². The minimum atomic E-state index is -0.265. The van der Waals surface area contributed by atoms with Crippen molar-refractivity contribution in [3.8, 4) is 22.9 Å². The molecule has 0 unspecified atom stereocenters.